The van der Waals surface area contributed by atoms with Gasteiger partial charge in [-0.3, -0.25) is 9.59 Å². The summed E-state index contributed by atoms with van der Waals surface area (Å²) in [6.07, 6.45) is 1.11. The molecule has 0 bridgehead atoms. The van der Waals surface area contributed by atoms with Crippen LogP contribution >= 0.6 is 11.6 Å². The molecule has 0 aliphatic carbocycles. The van der Waals surface area contributed by atoms with E-state index >= 15 is 0 Å². The van der Waals surface area contributed by atoms with Gasteiger partial charge in [0.2, 0.25) is 15.9 Å². The van der Waals surface area contributed by atoms with Crippen LogP contribution in [0.3, 0.4) is 0 Å². The van der Waals surface area contributed by atoms with Crippen LogP contribution in [-0.4, -0.2) is 50.8 Å². The van der Waals surface area contributed by atoms with E-state index in [1.54, 1.807) is 24.3 Å². The molecule has 1 atom stereocenters. The maximum atomic E-state index is 13.3. The summed E-state index contributed by atoms with van der Waals surface area (Å²) < 4.78 is 38.7. The lowest BCUT2D eigenvalue weighted by Gasteiger charge is -2.31. The largest absolute Gasteiger partial charge is 0.494 e. The van der Waals surface area contributed by atoms with Crippen molar-refractivity contribution in [3.05, 3.63) is 41.4 Å². The highest BCUT2D eigenvalue weighted by Gasteiger charge is 2.35. The number of nitrogens with one attached hydrogen (secondary N) is 2. The SMILES string of the molecule is CCOc1ccc(NC(=O)[C@H]2CCCN(S(=O)(=O)c3cc4c(cc3Cl)NC(=O)CO4)C2)cc1. The van der Waals surface area contributed by atoms with Crippen molar-refractivity contribution < 1.29 is 27.5 Å². The Bertz CT molecular complexity index is 1170. The van der Waals surface area contributed by atoms with Gasteiger partial charge in [0.1, 0.15) is 16.4 Å². The molecule has 0 aromatic heterocycles. The fourth-order valence-electron chi connectivity index (χ4n) is 3.84. The molecular weight excluding hydrogens is 470 g/mol. The number of nitrogens with zero attached hydrogens (tertiary/aromatic N) is 1. The highest BCUT2D eigenvalue weighted by Crippen LogP contribution is 2.37. The van der Waals surface area contributed by atoms with Crippen LogP contribution in [0.15, 0.2) is 41.3 Å². The van der Waals surface area contributed by atoms with Gasteiger partial charge in [-0.15, -0.1) is 0 Å². The van der Waals surface area contributed by atoms with Crippen molar-refractivity contribution in [1.82, 2.24) is 4.31 Å². The minimum Gasteiger partial charge on any atom is -0.494 e. The van der Waals surface area contributed by atoms with E-state index in [9.17, 15) is 18.0 Å². The molecule has 2 N–H and O–H groups in total. The molecular formula is C22H24ClN3O6S. The first-order chi connectivity index (χ1) is 15.8. The number of hydrogen-bond donors (Lipinski definition) is 2. The number of amides is 2. The summed E-state index contributed by atoms with van der Waals surface area (Å²) in [5.74, 6) is -0.157. The van der Waals surface area contributed by atoms with E-state index in [4.69, 9.17) is 21.1 Å². The fraction of sp³-hybridized carbons (Fsp3) is 0.364. The van der Waals surface area contributed by atoms with Crippen LogP contribution in [-0.2, 0) is 19.6 Å². The molecule has 1 saturated heterocycles. The quantitative estimate of drug-likeness (QED) is 0.639. The number of benzene rings is 2. The third kappa shape index (κ3) is 5.07. The first-order valence-electron chi connectivity index (χ1n) is 10.6. The average molecular weight is 494 g/mol. The Kier molecular flexibility index (Phi) is 6.78. The Balaban J connectivity index is 1.48. The molecule has 0 unspecified atom stereocenters. The molecule has 9 nitrogen and oxygen atoms in total. The molecule has 0 saturated carbocycles. The number of ether oxygens (including phenoxy) is 2. The van der Waals surface area contributed by atoms with E-state index in [1.165, 1.54) is 16.4 Å². The lowest BCUT2D eigenvalue weighted by atomic mass is 9.99. The molecule has 176 valence electrons. The van der Waals surface area contributed by atoms with Gasteiger partial charge < -0.3 is 20.1 Å². The standard InChI is InChI=1S/C22H24ClN3O6S/c1-2-31-16-7-5-15(6-8-16)24-22(28)14-4-3-9-26(12-14)33(29,30)20-11-19-18(10-17(20)23)25-21(27)13-32-19/h5-8,10-11,14H,2-4,9,12-13H2,1H3,(H,24,28)(H,25,27)/t14-/m0/s1. The molecule has 0 radical (unpaired) electrons. The number of halogens is 1. The smallest absolute Gasteiger partial charge is 0.262 e. The molecule has 2 heterocycles. The monoisotopic (exact) mass is 493 g/mol. The van der Waals surface area contributed by atoms with Crippen LogP contribution in [0.4, 0.5) is 11.4 Å². The van der Waals surface area contributed by atoms with Crippen molar-refractivity contribution in [3.63, 3.8) is 0 Å². The van der Waals surface area contributed by atoms with E-state index < -0.39 is 15.9 Å². The first-order valence-corrected chi connectivity index (χ1v) is 12.4. The van der Waals surface area contributed by atoms with Gasteiger partial charge in [-0.2, -0.15) is 4.31 Å². The third-order valence-corrected chi connectivity index (χ3v) is 7.80. The lowest BCUT2D eigenvalue weighted by molar-refractivity contribution is -0.121. The van der Waals surface area contributed by atoms with E-state index in [1.807, 2.05) is 6.92 Å². The van der Waals surface area contributed by atoms with E-state index in [2.05, 4.69) is 10.6 Å². The van der Waals surface area contributed by atoms with Gasteiger partial charge in [-0.1, -0.05) is 11.6 Å². The van der Waals surface area contributed by atoms with Crippen LogP contribution in [0.1, 0.15) is 19.8 Å². The summed E-state index contributed by atoms with van der Waals surface area (Å²) in [7, 11) is -3.98. The summed E-state index contributed by atoms with van der Waals surface area (Å²) in [6, 6.07) is 9.69. The molecule has 2 aliphatic rings. The highest BCUT2D eigenvalue weighted by molar-refractivity contribution is 7.89. The second-order valence-corrected chi connectivity index (χ2v) is 10.1. The molecule has 2 aromatic rings. The Morgan fingerprint density at radius 1 is 1.30 bits per heavy atom. The normalized spacial score (nSPS) is 18.6. The number of anilines is 2. The number of rotatable bonds is 6. The number of fused-ring (bicyclic) bond motifs is 1. The Morgan fingerprint density at radius 2 is 2.06 bits per heavy atom. The van der Waals surface area contributed by atoms with Gasteiger partial charge in [0.25, 0.3) is 5.91 Å². The van der Waals surface area contributed by atoms with Crippen molar-refractivity contribution in [1.29, 1.82) is 0 Å². The summed E-state index contributed by atoms with van der Waals surface area (Å²) >= 11 is 6.25. The number of sulfonamides is 1. The van der Waals surface area contributed by atoms with Crippen molar-refractivity contribution in [2.24, 2.45) is 5.92 Å². The zero-order valence-corrected chi connectivity index (χ0v) is 19.5. The molecule has 4 rings (SSSR count). The van der Waals surface area contributed by atoms with Gasteiger partial charge >= 0.3 is 0 Å². The van der Waals surface area contributed by atoms with E-state index in [-0.39, 0.29) is 47.2 Å². The number of piperidine rings is 1. The number of hydrogen-bond acceptors (Lipinski definition) is 6. The predicted octanol–water partition coefficient (Wildman–Crippen LogP) is 3.11. The summed E-state index contributed by atoms with van der Waals surface area (Å²) in [6.45, 7) is 2.55. The van der Waals surface area contributed by atoms with Crippen LogP contribution in [0.2, 0.25) is 5.02 Å². The first kappa shape index (κ1) is 23.3. The fourth-order valence-corrected chi connectivity index (χ4v) is 5.88. The minimum atomic E-state index is -3.98. The maximum Gasteiger partial charge on any atom is 0.262 e. The second-order valence-electron chi connectivity index (χ2n) is 7.76. The molecule has 1 fully saturated rings. The average Bonchev–Trinajstić information content (AvgIpc) is 2.80. The molecule has 2 aromatic carbocycles. The van der Waals surface area contributed by atoms with E-state index in [0.29, 0.717) is 36.6 Å². The number of carbonyl (C=O) groups is 2. The lowest BCUT2D eigenvalue weighted by Crippen LogP contribution is -2.43. The predicted molar refractivity (Wildman–Crippen MR) is 123 cm³/mol. The van der Waals surface area contributed by atoms with Crippen LogP contribution < -0.4 is 20.1 Å². The topological polar surface area (TPSA) is 114 Å². The van der Waals surface area contributed by atoms with Crippen LogP contribution in [0.25, 0.3) is 0 Å². The zero-order valence-electron chi connectivity index (χ0n) is 18.0. The highest BCUT2D eigenvalue weighted by atomic mass is 35.5. The van der Waals surface area contributed by atoms with Gasteiger partial charge in [-0.05, 0) is 50.1 Å². The zero-order chi connectivity index (χ0) is 23.6. The van der Waals surface area contributed by atoms with Gasteiger partial charge in [-0.25, -0.2) is 8.42 Å². The second kappa shape index (κ2) is 9.58. The van der Waals surface area contributed by atoms with Gasteiger partial charge in [0, 0.05) is 24.8 Å². The molecule has 2 aliphatic heterocycles. The van der Waals surface area contributed by atoms with Crippen LogP contribution in [0.5, 0.6) is 11.5 Å². The summed E-state index contributed by atoms with van der Waals surface area (Å²) in [5, 5.41) is 5.42. The summed E-state index contributed by atoms with van der Waals surface area (Å²) in [4.78, 5) is 24.2. The van der Waals surface area contributed by atoms with Crippen molar-refractivity contribution in [2.45, 2.75) is 24.7 Å². The van der Waals surface area contributed by atoms with Crippen molar-refractivity contribution in [2.75, 3.05) is 36.9 Å². The molecule has 33 heavy (non-hydrogen) atoms. The van der Waals surface area contributed by atoms with Gasteiger partial charge in [0.05, 0.1) is 23.2 Å². The maximum absolute atomic E-state index is 13.3. The van der Waals surface area contributed by atoms with Crippen molar-refractivity contribution >= 4 is 44.8 Å². The molecule has 0 spiro atoms. The Morgan fingerprint density at radius 3 is 2.79 bits per heavy atom. The number of carbonyl (C=O) groups excluding carboxylic acids is 2. The van der Waals surface area contributed by atoms with Crippen molar-refractivity contribution in [3.8, 4) is 11.5 Å². The molecule has 11 heteroatoms. The van der Waals surface area contributed by atoms with Gasteiger partial charge in [0.15, 0.2) is 6.61 Å². The summed E-state index contributed by atoms with van der Waals surface area (Å²) in [5.41, 5.74) is 0.932. The Labute approximate surface area is 197 Å². The van der Waals surface area contributed by atoms with E-state index in [0.717, 1.165) is 0 Å². The molecule has 2 amide bonds. The third-order valence-electron chi connectivity index (χ3n) is 5.47. The Hall–Kier alpha value is -2.82. The minimum absolute atomic E-state index is 0.0273. The van der Waals surface area contributed by atoms with Crippen LogP contribution in [0, 0.1) is 5.92 Å².